The Bertz CT molecular complexity index is 445. The zero-order valence-corrected chi connectivity index (χ0v) is 12.5. The number of rotatable bonds is 1. The van der Waals surface area contributed by atoms with E-state index in [1.807, 2.05) is 18.2 Å². The number of benzene rings is 1. The first kappa shape index (κ1) is 14.7. The van der Waals surface area contributed by atoms with Crippen LogP contribution in [-0.4, -0.2) is 13.1 Å². The summed E-state index contributed by atoms with van der Waals surface area (Å²) in [4.78, 5) is 11.6. The van der Waals surface area contributed by atoms with E-state index in [-0.39, 0.29) is 16.8 Å². The van der Waals surface area contributed by atoms with E-state index < -0.39 is 0 Å². The van der Waals surface area contributed by atoms with Crippen LogP contribution in [0.3, 0.4) is 0 Å². The molecule has 0 saturated carbocycles. The van der Waals surface area contributed by atoms with Gasteiger partial charge >= 0.3 is 5.97 Å². The Labute approximate surface area is 110 Å². The molecule has 0 bridgehead atoms. The predicted molar refractivity (Wildman–Crippen MR) is 75.2 cm³/mol. The van der Waals surface area contributed by atoms with E-state index in [9.17, 15) is 4.79 Å². The van der Waals surface area contributed by atoms with Crippen LogP contribution in [0.4, 0.5) is 0 Å². The smallest absolute Gasteiger partial charge is 0.337 e. The molecule has 0 aromatic heterocycles. The van der Waals surface area contributed by atoms with Crippen molar-refractivity contribution in [2.45, 2.75) is 52.4 Å². The standard InChI is InChI=1S/C16H24O2/c1-15(2,3)12-9-8-11(14(17)18-7)10-13(12)16(4,5)6/h8-10H,1-7H3. The molecule has 0 aliphatic heterocycles. The second-order valence-corrected chi connectivity index (χ2v) is 6.75. The van der Waals surface area contributed by atoms with Gasteiger partial charge in [-0.1, -0.05) is 47.6 Å². The van der Waals surface area contributed by atoms with Gasteiger partial charge in [0.15, 0.2) is 0 Å². The quantitative estimate of drug-likeness (QED) is 0.700. The van der Waals surface area contributed by atoms with Crippen molar-refractivity contribution in [2.75, 3.05) is 7.11 Å². The van der Waals surface area contributed by atoms with Crippen LogP contribution in [0.25, 0.3) is 0 Å². The lowest BCUT2D eigenvalue weighted by Gasteiger charge is -2.30. The van der Waals surface area contributed by atoms with Gasteiger partial charge in [-0.3, -0.25) is 0 Å². The van der Waals surface area contributed by atoms with E-state index in [2.05, 4.69) is 41.5 Å². The van der Waals surface area contributed by atoms with Crippen LogP contribution in [0, 0.1) is 0 Å². The number of hydrogen-bond acceptors (Lipinski definition) is 2. The van der Waals surface area contributed by atoms with Crippen molar-refractivity contribution in [3.8, 4) is 0 Å². The largest absolute Gasteiger partial charge is 0.465 e. The lowest BCUT2D eigenvalue weighted by atomic mass is 9.75. The van der Waals surface area contributed by atoms with E-state index >= 15 is 0 Å². The number of carbonyl (C=O) groups excluding carboxylic acids is 1. The fourth-order valence-electron chi connectivity index (χ4n) is 2.06. The number of methoxy groups -OCH3 is 1. The molecule has 0 fully saturated rings. The number of esters is 1. The van der Waals surface area contributed by atoms with Gasteiger partial charge in [0.25, 0.3) is 0 Å². The zero-order valence-electron chi connectivity index (χ0n) is 12.5. The van der Waals surface area contributed by atoms with Crippen LogP contribution in [0.1, 0.15) is 63.0 Å². The summed E-state index contributed by atoms with van der Waals surface area (Å²) >= 11 is 0. The minimum absolute atomic E-state index is 0.00659. The third-order valence-corrected chi connectivity index (χ3v) is 3.06. The number of ether oxygens (including phenoxy) is 1. The van der Waals surface area contributed by atoms with Crippen LogP contribution >= 0.6 is 0 Å². The average molecular weight is 248 g/mol. The van der Waals surface area contributed by atoms with Crippen LogP contribution in [0.15, 0.2) is 18.2 Å². The molecule has 0 amide bonds. The van der Waals surface area contributed by atoms with Gasteiger partial charge in [-0.25, -0.2) is 4.79 Å². The molecule has 1 aromatic rings. The number of hydrogen-bond donors (Lipinski definition) is 0. The molecule has 0 heterocycles. The molecule has 1 aromatic carbocycles. The molecular weight excluding hydrogens is 224 g/mol. The van der Waals surface area contributed by atoms with Crippen molar-refractivity contribution in [2.24, 2.45) is 0 Å². The average Bonchev–Trinajstić information content (AvgIpc) is 2.24. The maximum absolute atomic E-state index is 11.6. The Morgan fingerprint density at radius 1 is 0.944 bits per heavy atom. The summed E-state index contributed by atoms with van der Waals surface area (Å²) in [6, 6.07) is 5.86. The summed E-state index contributed by atoms with van der Waals surface area (Å²) in [6.07, 6.45) is 0. The molecule has 2 heteroatoms. The van der Waals surface area contributed by atoms with Crippen LogP contribution in [0.5, 0.6) is 0 Å². The SMILES string of the molecule is COC(=O)c1ccc(C(C)(C)C)c(C(C)(C)C)c1. The molecule has 0 unspecified atom stereocenters. The summed E-state index contributed by atoms with van der Waals surface area (Å²) in [6.45, 7) is 13.1. The molecule has 0 aliphatic carbocycles. The van der Waals surface area contributed by atoms with Gasteiger partial charge in [0.1, 0.15) is 0 Å². The van der Waals surface area contributed by atoms with E-state index in [0.717, 1.165) is 0 Å². The van der Waals surface area contributed by atoms with Gasteiger partial charge < -0.3 is 4.74 Å². The first-order valence-corrected chi connectivity index (χ1v) is 6.30. The van der Waals surface area contributed by atoms with Gasteiger partial charge in [-0.2, -0.15) is 0 Å². The third kappa shape index (κ3) is 3.12. The van der Waals surface area contributed by atoms with Gasteiger partial charge in [0.05, 0.1) is 12.7 Å². The maximum Gasteiger partial charge on any atom is 0.337 e. The highest BCUT2D eigenvalue weighted by Crippen LogP contribution is 2.34. The van der Waals surface area contributed by atoms with Crippen molar-refractivity contribution in [3.05, 3.63) is 34.9 Å². The van der Waals surface area contributed by atoms with Crippen molar-refractivity contribution in [1.29, 1.82) is 0 Å². The third-order valence-electron chi connectivity index (χ3n) is 3.06. The maximum atomic E-state index is 11.6. The van der Waals surface area contributed by atoms with Gasteiger partial charge in [0, 0.05) is 0 Å². The lowest BCUT2D eigenvalue weighted by Crippen LogP contribution is -2.22. The van der Waals surface area contributed by atoms with Crippen LogP contribution in [0.2, 0.25) is 0 Å². The summed E-state index contributed by atoms with van der Waals surface area (Å²) < 4.78 is 4.79. The Balaban J connectivity index is 3.45. The summed E-state index contributed by atoms with van der Waals surface area (Å²) in [5, 5.41) is 0. The first-order chi connectivity index (χ1) is 8.07. The van der Waals surface area contributed by atoms with E-state index in [0.29, 0.717) is 5.56 Å². The van der Waals surface area contributed by atoms with Gasteiger partial charge in [-0.15, -0.1) is 0 Å². The molecule has 0 spiro atoms. The Kier molecular flexibility index (Phi) is 3.89. The molecule has 2 nitrogen and oxygen atoms in total. The Morgan fingerprint density at radius 2 is 1.44 bits per heavy atom. The highest BCUT2D eigenvalue weighted by atomic mass is 16.5. The molecular formula is C16H24O2. The lowest BCUT2D eigenvalue weighted by molar-refractivity contribution is 0.0600. The molecule has 0 saturated heterocycles. The van der Waals surface area contributed by atoms with Gasteiger partial charge in [0.2, 0.25) is 0 Å². The number of carbonyl (C=O) groups is 1. The molecule has 1 rings (SSSR count). The van der Waals surface area contributed by atoms with E-state index in [1.54, 1.807) is 0 Å². The van der Waals surface area contributed by atoms with Crippen molar-refractivity contribution >= 4 is 5.97 Å². The molecule has 18 heavy (non-hydrogen) atoms. The molecule has 100 valence electrons. The van der Waals surface area contributed by atoms with Gasteiger partial charge in [-0.05, 0) is 34.1 Å². The molecule has 0 aliphatic rings. The summed E-state index contributed by atoms with van der Waals surface area (Å²) in [5.74, 6) is -0.277. The van der Waals surface area contributed by atoms with E-state index in [4.69, 9.17) is 4.74 Å². The fourth-order valence-corrected chi connectivity index (χ4v) is 2.06. The van der Waals surface area contributed by atoms with Crippen molar-refractivity contribution in [1.82, 2.24) is 0 Å². The highest BCUT2D eigenvalue weighted by Gasteiger charge is 2.26. The second-order valence-electron chi connectivity index (χ2n) is 6.75. The molecule has 0 radical (unpaired) electrons. The molecule has 0 N–H and O–H groups in total. The minimum atomic E-state index is -0.277. The Hall–Kier alpha value is -1.31. The monoisotopic (exact) mass is 248 g/mol. The van der Waals surface area contributed by atoms with Crippen molar-refractivity contribution in [3.63, 3.8) is 0 Å². The highest BCUT2D eigenvalue weighted by molar-refractivity contribution is 5.89. The van der Waals surface area contributed by atoms with Crippen LogP contribution < -0.4 is 0 Å². The zero-order chi connectivity index (χ0) is 14.1. The molecule has 0 atom stereocenters. The fraction of sp³-hybridized carbons (Fsp3) is 0.562. The van der Waals surface area contributed by atoms with Crippen LogP contribution in [-0.2, 0) is 15.6 Å². The second kappa shape index (κ2) is 4.75. The summed E-state index contributed by atoms with van der Waals surface area (Å²) in [5.41, 5.74) is 3.18. The summed E-state index contributed by atoms with van der Waals surface area (Å²) in [7, 11) is 1.41. The topological polar surface area (TPSA) is 26.3 Å². The Morgan fingerprint density at radius 3 is 1.83 bits per heavy atom. The first-order valence-electron chi connectivity index (χ1n) is 6.30. The van der Waals surface area contributed by atoms with E-state index in [1.165, 1.54) is 18.2 Å². The minimum Gasteiger partial charge on any atom is -0.465 e. The van der Waals surface area contributed by atoms with Crippen molar-refractivity contribution < 1.29 is 9.53 Å². The normalized spacial score (nSPS) is 12.4. The predicted octanol–water partition coefficient (Wildman–Crippen LogP) is 4.07.